The first-order valence-corrected chi connectivity index (χ1v) is 6.69. The Hall–Kier alpha value is -1.39. The number of morpholine rings is 1. The van der Waals surface area contributed by atoms with E-state index in [2.05, 4.69) is 4.90 Å². The number of nitrogens with zero attached hydrogens (tertiary/aromatic N) is 1. The highest BCUT2D eigenvalue weighted by Gasteiger charge is 2.20. The average Bonchev–Trinajstić information content (AvgIpc) is 2.47. The van der Waals surface area contributed by atoms with Crippen molar-refractivity contribution in [1.29, 1.82) is 0 Å². The van der Waals surface area contributed by atoms with Crippen molar-refractivity contribution >= 4 is 5.78 Å². The molecule has 0 aliphatic carbocycles. The van der Waals surface area contributed by atoms with Crippen LogP contribution >= 0.6 is 0 Å². The molecule has 1 aliphatic rings. The lowest BCUT2D eigenvalue weighted by molar-refractivity contribution is 0.0313. The number of benzene rings is 1. The van der Waals surface area contributed by atoms with E-state index in [1.54, 1.807) is 7.11 Å². The fraction of sp³-hybridized carbons (Fsp3) is 0.533. The third-order valence-corrected chi connectivity index (χ3v) is 3.46. The summed E-state index contributed by atoms with van der Waals surface area (Å²) in [6.07, 6.45) is 0. The van der Waals surface area contributed by atoms with Crippen LogP contribution in [0.3, 0.4) is 0 Å². The van der Waals surface area contributed by atoms with Gasteiger partial charge in [-0.15, -0.1) is 0 Å². The molecule has 1 fully saturated rings. The Morgan fingerprint density at radius 3 is 2.53 bits per heavy atom. The summed E-state index contributed by atoms with van der Waals surface area (Å²) in [7, 11) is 1.62. The summed E-state index contributed by atoms with van der Waals surface area (Å²) < 4.78 is 10.4. The molecule has 1 aliphatic heterocycles. The molecule has 0 bridgehead atoms. The predicted molar refractivity (Wildman–Crippen MR) is 73.7 cm³/mol. The Balaban J connectivity index is 1.93. The number of methoxy groups -OCH3 is 1. The van der Waals surface area contributed by atoms with Gasteiger partial charge in [0.25, 0.3) is 0 Å². The molecular weight excluding hydrogens is 242 g/mol. The normalized spacial score (nSPS) is 18.0. The zero-order valence-electron chi connectivity index (χ0n) is 11.6. The fourth-order valence-electron chi connectivity index (χ4n) is 2.29. The Kier molecular flexibility index (Phi) is 4.93. The number of carbonyl (C=O) groups excluding carboxylic acids is 1. The molecule has 4 nitrogen and oxygen atoms in total. The van der Waals surface area contributed by atoms with Crippen LogP contribution in [0.2, 0.25) is 0 Å². The minimum absolute atomic E-state index is 0.00601. The van der Waals surface area contributed by atoms with Crippen LogP contribution in [0.4, 0.5) is 0 Å². The Morgan fingerprint density at radius 2 is 1.95 bits per heavy atom. The summed E-state index contributed by atoms with van der Waals surface area (Å²) in [5.41, 5.74) is 0.751. The first-order chi connectivity index (χ1) is 9.20. The van der Waals surface area contributed by atoms with Gasteiger partial charge in [0.2, 0.25) is 0 Å². The average molecular weight is 263 g/mol. The van der Waals surface area contributed by atoms with E-state index in [1.165, 1.54) is 0 Å². The highest BCUT2D eigenvalue weighted by atomic mass is 16.5. The lowest BCUT2D eigenvalue weighted by atomic mass is 9.98. The second-order valence-corrected chi connectivity index (χ2v) is 4.91. The van der Waals surface area contributed by atoms with E-state index in [0.29, 0.717) is 0 Å². The second kappa shape index (κ2) is 6.68. The van der Waals surface area contributed by atoms with Gasteiger partial charge in [-0.1, -0.05) is 6.92 Å². The molecule has 1 atom stereocenters. The van der Waals surface area contributed by atoms with Crippen LogP contribution in [0.25, 0.3) is 0 Å². The third kappa shape index (κ3) is 3.78. The van der Waals surface area contributed by atoms with Gasteiger partial charge in [-0.25, -0.2) is 0 Å². The van der Waals surface area contributed by atoms with E-state index in [1.807, 2.05) is 31.2 Å². The molecule has 0 aromatic heterocycles. The van der Waals surface area contributed by atoms with E-state index in [9.17, 15) is 4.79 Å². The number of ether oxygens (including phenoxy) is 2. The maximum absolute atomic E-state index is 12.3. The predicted octanol–water partition coefficient (Wildman–Crippen LogP) is 1.85. The van der Waals surface area contributed by atoms with E-state index in [0.717, 1.165) is 44.2 Å². The van der Waals surface area contributed by atoms with Gasteiger partial charge in [-0.05, 0) is 24.3 Å². The largest absolute Gasteiger partial charge is 0.497 e. The van der Waals surface area contributed by atoms with E-state index in [4.69, 9.17) is 9.47 Å². The lowest BCUT2D eigenvalue weighted by Gasteiger charge is -2.28. The van der Waals surface area contributed by atoms with Crippen molar-refractivity contribution in [3.8, 4) is 5.75 Å². The molecule has 4 heteroatoms. The molecule has 19 heavy (non-hydrogen) atoms. The van der Waals surface area contributed by atoms with Crippen LogP contribution in [0.1, 0.15) is 17.3 Å². The van der Waals surface area contributed by atoms with E-state index >= 15 is 0 Å². The van der Waals surface area contributed by atoms with Gasteiger partial charge in [-0.3, -0.25) is 9.69 Å². The van der Waals surface area contributed by atoms with Gasteiger partial charge in [0, 0.05) is 31.1 Å². The summed E-state index contributed by atoms with van der Waals surface area (Å²) in [4.78, 5) is 14.6. The van der Waals surface area contributed by atoms with Gasteiger partial charge in [0.15, 0.2) is 5.78 Å². The van der Waals surface area contributed by atoms with E-state index < -0.39 is 0 Å². The molecule has 1 saturated heterocycles. The van der Waals surface area contributed by atoms with Crippen LogP contribution in [-0.2, 0) is 4.74 Å². The van der Waals surface area contributed by atoms with Crippen LogP contribution < -0.4 is 4.74 Å². The molecule has 2 rings (SSSR count). The molecule has 0 spiro atoms. The van der Waals surface area contributed by atoms with Crippen LogP contribution in [-0.4, -0.2) is 50.6 Å². The number of carbonyl (C=O) groups is 1. The number of hydrogen-bond donors (Lipinski definition) is 0. The monoisotopic (exact) mass is 263 g/mol. The second-order valence-electron chi connectivity index (χ2n) is 4.91. The highest BCUT2D eigenvalue weighted by molar-refractivity contribution is 5.97. The first-order valence-electron chi connectivity index (χ1n) is 6.69. The fourth-order valence-corrected chi connectivity index (χ4v) is 2.29. The minimum atomic E-state index is 0.00601. The summed E-state index contributed by atoms with van der Waals surface area (Å²) in [5.74, 6) is 0.970. The zero-order chi connectivity index (χ0) is 13.7. The van der Waals surface area contributed by atoms with E-state index in [-0.39, 0.29) is 11.7 Å². The maximum atomic E-state index is 12.3. The summed E-state index contributed by atoms with van der Waals surface area (Å²) in [5, 5.41) is 0. The molecule has 1 aromatic rings. The summed E-state index contributed by atoms with van der Waals surface area (Å²) >= 11 is 0. The van der Waals surface area contributed by atoms with Crippen molar-refractivity contribution in [3.05, 3.63) is 29.8 Å². The smallest absolute Gasteiger partial charge is 0.166 e. The number of Topliss-reactive ketones (excluding diaryl/α,β-unsaturated/α-hetero) is 1. The topological polar surface area (TPSA) is 38.8 Å². The van der Waals surface area contributed by atoms with Gasteiger partial charge in [0.1, 0.15) is 5.75 Å². The quantitative estimate of drug-likeness (QED) is 0.760. The van der Waals surface area contributed by atoms with Gasteiger partial charge in [0.05, 0.1) is 20.3 Å². The van der Waals surface area contributed by atoms with Gasteiger partial charge >= 0.3 is 0 Å². The first kappa shape index (κ1) is 14.0. The summed E-state index contributed by atoms with van der Waals surface area (Å²) in [6, 6.07) is 7.32. The number of ketones is 1. The molecule has 0 radical (unpaired) electrons. The van der Waals surface area contributed by atoms with Crippen LogP contribution in [0, 0.1) is 5.92 Å². The molecule has 0 unspecified atom stereocenters. The van der Waals surface area contributed by atoms with Crippen LogP contribution in [0.5, 0.6) is 5.75 Å². The van der Waals surface area contributed by atoms with Crippen molar-refractivity contribution in [2.45, 2.75) is 6.92 Å². The SMILES string of the molecule is COc1ccc(C(=O)[C@@H](C)CN2CCOCC2)cc1. The van der Waals surface area contributed by atoms with Gasteiger partial charge < -0.3 is 9.47 Å². The summed E-state index contributed by atoms with van der Waals surface area (Å²) in [6.45, 7) is 6.16. The molecule has 0 N–H and O–H groups in total. The molecule has 1 aromatic carbocycles. The number of hydrogen-bond acceptors (Lipinski definition) is 4. The molecular formula is C15H21NO3. The lowest BCUT2D eigenvalue weighted by Crippen LogP contribution is -2.40. The molecule has 0 saturated carbocycles. The molecule has 104 valence electrons. The number of rotatable bonds is 5. The Bertz CT molecular complexity index is 410. The standard InChI is InChI=1S/C15H21NO3/c1-12(11-16-7-9-19-10-8-16)15(17)13-3-5-14(18-2)6-4-13/h3-6,12H,7-11H2,1-2H3/t12-/m0/s1. The third-order valence-electron chi connectivity index (χ3n) is 3.46. The zero-order valence-corrected chi connectivity index (χ0v) is 11.6. The highest BCUT2D eigenvalue weighted by Crippen LogP contribution is 2.15. The minimum Gasteiger partial charge on any atom is -0.497 e. The van der Waals surface area contributed by atoms with Crippen molar-refractivity contribution in [1.82, 2.24) is 4.90 Å². The van der Waals surface area contributed by atoms with Crippen molar-refractivity contribution in [2.75, 3.05) is 40.0 Å². The van der Waals surface area contributed by atoms with Gasteiger partial charge in [-0.2, -0.15) is 0 Å². The molecule has 0 amide bonds. The van der Waals surface area contributed by atoms with Crippen molar-refractivity contribution in [2.24, 2.45) is 5.92 Å². The molecule has 1 heterocycles. The Labute approximate surface area is 114 Å². The Morgan fingerprint density at radius 1 is 1.32 bits per heavy atom. The van der Waals surface area contributed by atoms with Crippen molar-refractivity contribution < 1.29 is 14.3 Å². The maximum Gasteiger partial charge on any atom is 0.166 e. The van der Waals surface area contributed by atoms with Crippen LogP contribution in [0.15, 0.2) is 24.3 Å². The van der Waals surface area contributed by atoms with Crippen molar-refractivity contribution in [3.63, 3.8) is 0 Å².